The van der Waals surface area contributed by atoms with Crippen LogP contribution in [0, 0.1) is 0 Å². The van der Waals surface area contributed by atoms with Gasteiger partial charge in [-0.1, -0.05) is 0 Å². The molecule has 1 aliphatic rings. The maximum atomic E-state index is 12.1. The van der Waals surface area contributed by atoms with Crippen molar-refractivity contribution < 1.29 is 56.7 Å². The highest BCUT2D eigenvalue weighted by molar-refractivity contribution is 5.81. The number of hydrogen-bond acceptors (Lipinski definition) is 9. The van der Waals surface area contributed by atoms with Gasteiger partial charge in [-0.25, -0.2) is 0 Å². The summed E-state index contributed by atoms with van der Waals surface area (Å²) < 4.78 is 56.8. The number of aliphatic hydroxyl groups is 2. The van der Waals surface area contributed by atoms with E-state index in [1.807, 2.05) is 0 Å². The quantitative estimate of drug-likeness (QED) is 0.335. The second-order valence-electron chi connectivity index (χ2n) is 5.84. The molecule has 162 valence electrons. The van der Waals surface area contributed by atoms with Gasteiger partial charge in [0, 0.05) is 20.4 Å². The van der Waals surface area contributed by atoms with E-state index in [1.165, 1.54) is 0 Å². The van der Waals surface area contributed by atoms with Crippen molar-refractivity contribution in [2.75, 3.05) is 19.8 Å². The van der Waals surface area contributed by atoms with Crippen molar-refractivity contribution in [3.8, 4) is 0 Å². The van der Waals surface area contributed by atoms with E-state index >= 15 is 0 Å². The molecule has 28 heavy (non-hydrogen) atoms. The summed E-state index contributed by atoms with van der Waals surface area (Å²) >= 11 is 0. The number of amides is 1. The predicted octanol–water partition coefficient (Wildman–Crippen LogP) is -0.987. The molecule has 0 radical (unpaired) electrons. The molecule has 1 rings (SSSR count). The first-order chi connectivity index (χ1) is 13.0. The number of hydrogen-bond donors (Lipinski definition) is 3. The van der Waals surface area contributed by atoms with E-state index in [0.717, 1.165) is 13.8 Å². The Bertz CT molecular complexity index is 557. The molecule has 0 saturated carbocycles. The third-order valence-corrected chi connectivity index (χ3v) is 3.55. The Labute approximate surface area is 157 Å². The number of ether oxygens (including phenoxy) is 4. The van der Waals surface area contributed by atoms with Crippen molar-refractivity contribution in [3.05, 3.63) is 0 Å². The smallest absolute Gasteiger partial charge is 0.455 e. The normalized spacial score (nSPS) is 27.8. The summed E-state index contributed by atoms with van der Waals surface area (Å²) in [6.07, 6.45) is -12.0. The fourth-order valence-electron chi connectivity index (χ4n) is 2.39. The Balaban J connectivity index is 2.72. The highest BCUT2D eigenvalue weighted by atomic mass is 19.4. The second-order valence-corrected chi connectivity index (χ2v) is 5.84. The van der Waals surface area contributed by atoms with Crippen LogP contribution in [0.25, 0.3) is 0 Å². The average Bonchev–Trinajstić information content (AvgIpc) is 2.57. The molecule has 0 bridgehead atoms. The Hall–Kier alpha value is -1.96. The van der Waals surface area contributed by atoms with Gasteiger partial charge in [0.05, 0.1) is 13.2 Å². The van der Waals surface area contributed by atoms with Gasteiger partial charge >= 0.3 is 24.0 Å². The Morgan fingerprint density at radius 2 is 1.68 bits per heavy atom. The van der Waals surface area contributed by atoms with Crippen molar-refractivity contribution in [1.29, 1.82) is 0 Å². The van der Waals surface area contributed by atoms with Crippen LogP contribution in [0.3, 0.4) is 0 Å². The first-order valence-corrected chi connectivity index (χ1v) is 8.22. The first kappa shape index (κ1) is 24.1. The van der Waals surface area contributed by atoms with Crippen LogP contribution >= 0.6 is 0 Å². The monoisotopic (exact) mass is 417 g/mol. The summed E-state index contributed by atoms with van der Waals surface area (Å²) in [5.74, 6) is -3.70. The maximum Gasteiger partial charge on any atom is 0.471 e. The van der Waals surface area contributed by atoms with Gasteiger partial charge in [0.15, 0.2) is 18.5 Å². The SMILES string of the molecule is CC(=O)O[C@H]1[C@H](OCCCNC(=O)C(F)(F)F)O[C@H](CO)[C@H](O)[C@@H]1OC(C)=O. The van der Waals surface area contributed by atoms with Gasteiger partial charge in [-0.05, 0) is 6.42 Å². The number of esters is 2. The zero-order valence-corrected chi connectivity index (χ0v) is 15.1. The molecule has 0 aromatic heterocycles. The highest BCUT2D eigenvalue weighted by Crippen LogP contribution is 2.27. The van der Waals surface area contributed by atoms with Gasteiger partial charge < -0.3 is 34.5 Å². The van der Waals surface area contributed by atoms with E-state index < -0.39 is 61.3 Å². The van der Waals surface area contributed by atoms with Crippen molar-refractivity contribution in [2.45, 2.75) is 57.2 Å². The minimum atomic E-state index is -5.00. The van der Waals surface area contributed by atoms with Gasteiger partial charge in [-0.3, -0.25) is 14.4 Å². The predicted molar refractivity (Wildman–Crippen MR) is 82.5 cm³/mol. The molecule has 0 spiro atoms. The van der Waals surface area contributed by atoms with Gasteiger partial charge in [0.2, 0.25) is 0 Å². The lowest BCUT2D eigenvalue weighted by molar-refractivity contribution is -0.305. The van der Waals surface area contributed by atoms with Crippen LogP contribution in [0.2, 0.25) is 0 Å². The van der Waals surface area contributed by atoms with E-state index in [2.05, 4.69) is 0 Å². The molecule has 1 heterocycles. The van der Waals surface area contributed by atoms with Crippen LogP contribution in [0.15, 0.2) is 0 Å². The van der Waals surface area contributed by atoms with Crippen LogP contribution in [0.4, 0.5) is 13.2 Å². The van der Waals surface area contributed by atoms with Crippen LogP contribution in [-0.2, 0) is 33.3 Å². The number of nitrogens with one attached hydrogen (secondary N) is 1. The Morgan fingerprint density at radius 1 is 1.11 bits per heavy atom. The van der Waals surface area contributed by atoms with Crippen molar-refractivity contribution in [1.82, 2.24) is 5.32 Å². The molecule has 1 saturated heterocycles. The van der Waals surface area contributed by atoms with E-state index in [0.29, 0.717) is 0 Å². The molecule has 1 fully saturated rings. The van der Waals surface area contributed by atoms with Crippen molar-refractivity contribution in [2.24, 2.45) is 0 Å². The molecule has 0 aromatic carbocycles. The number of alkyl halides is 3. The lowest BCUT2D eigenvalue weighted by Gasteiger charge is -2.42. The van der Waals surface area contributed by atoms with Gasteiger partial charge in [-0.2, -0.15) is 13.2 Å². The van der Waals surface area contributed by atoms with E-state index in [-0.39, 0.29) is 19.6 Å². The van der Waals surface area contributed by atoms with Gasteiger partial charge in [0.1, 0.15) is 12.2 Å². The van der Waals surface area contributed by atoms with Crippen LogP contribution in [0.5, 0.6) is 0 Å². The molecule has 10 nitrogen and oxygen atoms in total. The molecule has 13 heteroatoms. The van der Waals surface area contributed by atoms with Crippen LogP contribution in [0.1, 0.15) is 20.3 Å². The summed E-state index contributed by atoms with van der Waals surface area (Å²) in [6, 6.07) is 0. The van der Waals surface area contributed by atoms with Gasteiger partial charge in [-0.15, -0.1) is 0 Å². The highest BCUT2D eigenvalue weighted by Gasteiger charge is 2.49. The zero-order chi connectivity index (χ0) is 21.5. The molecule has 3 N–H and O–H groups in total. The summed E-state index contributed by atoms with van der Waals surface area (Å²) in [5, 5.41) is 21.1. The van der Waals surface area contributed by atoms with Crippen molar-refractivity contribution in [3.63, 3.8) is 0 Å². The number of rotatable bonds is 8. The molecular weight excluding hydrogens is 395 g/mol. The zero-order valence-electron chi connectivity index (χ0n) is 15.1. The standard InChI is InChI=1S/C15H22F3NO9/c1-7(21)26-11-10(23)9(6-20)28-13(12(11)27-8(2)22)25-5-3-4-19-14(24)15(16,17)18/h9-13,20,23H,3-6H2,1-2H3,(H,19,24)/t9-,10+,11+,12-,13-/m1/s1. The first-order valence-electron chi connectivity index (χ1n) is 8.22. The Kier molecular flexibility index (Phi) is 9.07. The fraction of sp³-hybridized carbons (Fsp3) is 0.800. The topological polar surface area (TPSA) is 141 Å². The third-order valence-electron chi connectivity index (χ3n) is 3.55. The summed E-state index contributed by atoms with van der Waals surface area (Å²) in [6.45, 7) is 0.844. The molecule has 0 aromatic rings. The molecule has 1 aliphatic heterocycles. The van der Waals surface area contributed by atoms with E-state index in [9.17, 15) is 37.8 Å². The molecule has 0 aliphatic carbocycles. The molecule has 1 amide bonds. The van der Waals surface area contributed by atoms with Crippen LogP contribution < -0.4 is 5.32 Å². The minimum absolute atomic E-state index is 0.0565. The molecule has 0 unspecified atom stereocenters. The number of aliphatic hydroxyl groups excluding tert-OH is 2. The second kappa shape index (κ2) is 10.5. The van der Waals surface area contributed by atoms with E-state index in [1.54, 1.807) is 5.32 Å². The number of carbonyl (C=O) groups excluding carboxylic acids is 3. The molecular formula is C15H22F3NO9. The summed E-state index contributed by atoms with van der Waals surface area (Å²) in [4.78, 5) is 33.3. The van der Waals surface area contributed by atoms with Crippen LogP contribution in [-0.4, -0.2) is 84.7 Å². The third kappa shape index (κ3) is 7.22. The fourth-order valence-corrected chi connectivity index (χ4v) is 2.39. The molecule has 5 atom stereocenters. The lowest BCUT2D eigenvalue weighted by Crippen LogP contribution is -2.61. The van der Waals surface area contributed by atoms with Gasteiger partial charge in [0.25, 0.3) is 0 Å². The average molecular weight is 417 g/mol. The summed E-state index contributed by atoms with van der Waals surface area (Å²) in [7, 11) is 0. The van der Waals surface area contributed by atoms with Crippen molar-refractivity contribution >= 4 is 17.8 Å². The Morgan fingerprint density at radius 3 is 2.18 bits per heavy atom. The lowest BCUT2D eigenvalue weighted by atomic mass is 9.98. The number of carbonyl (C=O) groups is 3. The number of halogens is 3. The minimum Gasteiger partial charge on any atom is -0.455 e. The van der Waals surface area contributed by atoms with E-state index in [4.69, 9.17) is 18.9 Å². The largest absolute Gasteiger partial charge is 0.471 e. The maximum absolute atomic E-state index is 12.1. The summed E-state index contributed by atoms with van der Waals surface area (Å²) in [5.41, 5.74) is 0.